The largest absolute Gasteiger partial charge is 0.456 e. The van der Waals surface area contributed by atoms with E-state index in [0.717, 1.165) is 88.4 Å². The molecule has 0 fully saturated rings. The average molecular weight is 780 g/mol. The van der Waals surface area contributed by atoms with E-state index in [0.29, 0.717) is 0 Å². The van der Waals surface area contributed by atoms with E-state index in [1.165, 1.54) is 27.8 Å². The van der Waals surface area contributed by atoms with Crippen LogP contribution in [-0.4, -0.2) is 0 Å². The summed E-state index contributed by atoms with van der Waals surface area (Å²) < 4.78 is 13.1. The number of hydrogen-bond acceptors (Lipinski definition) is 3. The highest BCUT2D eigenvalue weighted by Crippen LogP contribution is 2.44. The van der Waals surface area contributed by atoms with E-state index < -0.39 is 0 Å². The third kappa shape index (κ3) is 6.06. The second-order valence-electron chi connectivity index (χ2n) is 15.7. The lowest BCUT2D eigenvalue weighted by Crippen LogP contribution is -2.09. The first-order valence-electron chi connectivity index (χ1n) is 20.7. The first-order chi connectivity index (χ1) is 30.2. The van der Waals surface area contributed by atoms with Gasteiger partial charge in [-0.05, 0) is 111 Å². The van der Waals surface area contributed by atoms with Crippen molar-refractivity contribution in [1.29, 1.82) is 0 Å². The summed E-state index contributed by atoms with van der Waals surface area (Å²) in [6.45, 7) is 0. The van der Waals surface area contributed by atoms with Gasteiger partial charge in [0.15, 0.2) is 0 Å². The highest BCUT2D eigenvalue weighted by atomic mass is 16.3. The van der Waals surface area contributed by atoms with Gasteiger partial charge in [0, 0.05) is 50.1 Å². The molecule has 0 saturated carbocycles. The molecule has 3 heteroatoms. The number of fused-ring (bicyclic) bond motifs is 8. The monoisotopic (exact) mass is 779 g/mol. The van der Waals surface area contributed by atoms with E-state index >= 15 is 0 Å². The van der Waals surface area contributed by atoms with Crippen molar-refractivity contribution in [3.05, 3.63) is 224 Å². The molecule has 0 aliphatic rings. The Morgan fingerprint density at radius 1 is 0.246 bits per heavy atom. The van der Waals surface area contributed by atoms with Gasteiger partial charge in [-0.25, -0.2) is 0 Å². The SMILES string of the molecule is c1ccc(-c2ccc(N(c3ccc(-c4ccccc4)cc3)c3ccc4c(c3)oc3c5ccccc5c(-c5ccc(-c6ccc7c(c6)oc6ccccc67)cc5)cc43)cc2)cc1. The van der Waals surface area contributed by atoms with Crippen molar-refractivity contribution in [2.75, 3.05) is 4.90 Å². The topological polar surface area (TPSA) is 29.5 Å². The summed E-state index contributed by atoms with van der Waals surface area (Å²) in [7, 11) is 0. The van der Waals surface area contributed by atoms with Crippen molar-refractivity contribution < 1.29 is 8.83 Å². The summed E-state index contributed by atoms with van der Waals surface area (Å²) in [6.07, 6.45) is 0. The standard InChI is InChI=1S/C58H37NO2/c1-3-11-38(12-4-1)40-23-28-45(29-24-40)59(46-30-25-41(26-31-46)39-13-5-2-6-14-39)47-32-34-51-54-37-53(48-15-7-8-17-52(48)58(54)61-57(51)36-47)43-21-19-42(20-22-43)44-27-33-50-49-16-9-10-18-55(49)60-56(50)35-44/h1-37H. The number of para-hydroxylation sites is 1. The van der Waals surface area contributed by atoms with Crippen LogP contribution in [0.4, 0.5) is 17.1 Å². The third-order valence-corrected chi connectivity index (χ3v) is 12.1. The Hall–Kier alpha value is -8.14. The van der Waals surface area contributed by atoms with Crippen LogP contribution < -0.4 is 4.90 Å². The zero-order valence-electron chi connectivity index (χ0n) is 33.1. The average Bonchev–Trinajstić information content (AvgIpc) is 3.90. The Morgan fingerprint density at radius 3 is 1.36 bits per heavy atom. The zero-order valence-corrected chi connectivity index (χ0v) is 33.1. The van der Waals surface area contributed by atoms with Gasteiger partial charge < -0.3 is 13.7 Å². The van der Waals surface area contributed by atoms with E-state index in [9.17, 15) is 0 Å². The molecule has 10 aromatic carbocycles. The predicted octanol–water partition coefficient (Wildman–Crippen LogP) is 16.8. The predicted molar refractivity (Wildman–Crippen MR) is 255 cm³/mol. The molecule has 286 valence electrons. The maximum atomic E-state index is 6.87. The minimum atomic E-state index is 0.845. The van der Waals surface area contributed by atoms with Gasteiger partial charge in [-0.1, -0.05) is 158 Å². The molecule has 2 aromatic heterocycles. The Bertz CT molecular complexity index is 3460. The van der Waals surface area contributed by atoms with Crippen molar-refractivity contribution in [2.45, 2.75) is 0 Å². The molecule has 2 heterocycles. The fraction of sp³-hybridized carbons (Fsp3) is 0. The fourth-order valence-corrected chi connectivity index (χ4v) is 9.03. The summed E-state index contributed by atoms with van der Waals surface area (Å²) >= 11 is 0. The number of furan rings is 2. The van der Waals surface area contributed by atoms with Crippen LogP contribution in [0.5, 0.6) is 0 Å². The molecule has 0 unspecified atom stereocenters. The number of rotatable bonds is 7. The molecule has 0 saturated heterocycles. The molecule has 12 aromatic rings. The molecule has 61 heavy (non-hydrogen) atoms. The van der Waals surface area contributed by atoms with Crippen molar-refractivity contribution in [3.8, 4) is 44.5 Å². The smallest absolute Gasteiger partial charge is 0.143 e. The molecule has 0 bridgehead atoms. The van der Waals surface area contributed by atoms with Crippen molar-refractivity contribution in [2.24, 2.45) is 0 Å². The maximum absolute atomic E-state index is 6.87. The molecule has 3 nitrogen and oxygen atoms in total. The molecule has 0 radical (unpaired) electrons. The van der Waals surface area contributed by atoms with Crippen LogP contribution in [0.3, 0.4) is 0 Å². The molecule has 12 rings (SSSR count). The second kappa shape index (κ2) is 14.3. The summed E-state index contributed by atoms with van der Waals surface area (Å²) in [5, 5.41) is 6.71. The van der Waals surface area contributed by atoms with Crippen LogP contribution in [0.15, 0.2) is 233 Å². The number of anilines is 3. The number of benzene rings is 10. The van der Waals surface area contributed by atoms with E-state index in [1.807, 2.05) is 12.1 Å². The lowest BCUT2D eigenvalue weighted by molar-refractivity contribution is 0.669. The van der Waals surface area contributed by atoms with Crippen LogP contribution >= 0.6 is 0 Å². The highest BCUT2D eigenvalue weighted by Gasteiger charge is 2.19. The van der Waals surface area contributed by atoms with Gasteiger partial charge in [0.05, 0.1) is 0 Å². The summed E-state index contributed by atoms with van der Waals surface area (Å²) in [5.74, 6) is 0. The quantitative estimate of drug-likeness (QED) is 0.161. The normalized spacial score (nSPS) is 11.6. The molecule has 0 aliphatic carbocycles. The molecular weight excluding hydrogens is 743 g/mol. The summed E-state index contributed by atoms with van der Waals surface area (Å²) in [6, 6.07) is 79.8. The molecule has 0 aliphatic heterocycles. The van der Waals surface area contributed by atoms with Crippen LogP contribution in [0.2, 0.25) is 0 Å². The van der Waals surface area contributed by atoms with Crippen LogP contribution in [0.25, 0.3) is 99.2 Å². The first-order valence-corrected chi connectivity index (χ1v) is 20.7. The van der Waals surface area contributed by atoms with E-state index in [-0.39, 0.29) is 0 Å². The molecule has 0 amide bonds. The number of hydrogen-bond donors (Lipinski definition) is 0. The lowest BCUT2D eigenvalue weighted by atomic mass is 9.94. The van der Waals surface area contributed by atoms with Gasteiger partial charge in [-0.2, -0.15) is 0 Å². The maximum Gasteiger partial charge on any atom is 0.143 e. The van der Waals surface area contributed by atoms with Gasteiger partial charge in [-0.15, -0.1) is 0 Å². The zero-order chi connectivity index (χ0) is 40.3. The van der Waals surface area contributed by atoms with Crippen molar-refractivity contribution in [1.82, 2.24) is 0 Å². The Kier molecular flexibility index (Phi) is 8.17. The highest BCUT2D eigenvalue weighted by molar-refractivity contribution is 6.19. The fourth-order valence-electron chi connectivity index (χ4n) is 9.03. The van der Waals surface area contributed by atoms with E-state index in [2.05, 4.69) is 217 Å². The van der Waals surface area contributed by atoms with Gasteiger partial charge in [0.1, 0.15) is 22.3 Å². The minimum Gasteiger partial charge on any atom is -0.456 e. The van der Waals surface area contributed by atoms with Gasteiger partial charge in [0.2, 0.25) is 0 Å². The third-order valence-electron chi connectivity index (χ3n) is 12.1. The second-order valence-corrected chi connectivity index (χ2v) is 15.7. The molecular formula is C58H37NO2. The minimum absolute atomic E-state index is 0.845. The van der Waals surface area contributed by atoms with E-state index in [4.69, 9.17) is 8.83 Å². The molecule has 0 spiro atoms. The van der Waals surface area contributed by atoms with Crippen LogP contribution in [0.1, 0.15) is 0 Å². The van der Waals surface area contributed by atoms with Gasteiger partial charge in [0.25, 0.3) is 0 Å². The summed E-state index contributed by atoms with van der Waals surface area (Å²) in [5.41, 5.74) is 16.1. The van der Waals surface area contributed by atoms with E-state index in [1.54, 1.807) is 0 Å². The number of nitrogens with zero attached hydrogens (tertiary/aromatic N) is 1. The molecule has 0 atom stereocenters. The van der Waals surface area contributed by atoms with Gasteiger partial charge >= 0.3 is 0 Å². The summed E-state index contributed by atoms with van der Waals surface area (Å²) in [4.78, 5) is 2.31. The van der Waals surface area contributed by atoms with Gasteiger partial charge in [-0.3, -0.25) is 0 Å². The Labute approximate surface area is 353 Å². The lowest BCUT2D eigenvalue weighted by Gasteiger charge is -2.26. The van der Waals surface area contributed by atoms with Crippen molar-refractivity contribution >= 4 is 71.7 Å². The Balaban J connectivity index is 0.944. The molecule has 0 N–H and O–H groups in total. The Morgan fingerprint density at radius 2 is 0.689 bits per heavy atom. The van der Waals surface area contributed by atoms with Crippen LogP contribution in [0, 0.1) is 0 Å². The van der Waals surface area contributed by atoms with Crippen LogP contribution in [-0.2, 0) is 0 Å². The first kappa shape index (κ1) is 34.9. The van der Waals surface area contributed by atoms with Crippen molar-refractivity contribution in [3.63, 3.8) is 0 Å².